The first-order valence-electron chi connectivity index (χ1n) is 10.2. The highest BCUT2D eigenvalue weighted by Gasteiger charge is 2.15. The molecule has 2 N–H and O–H groups in total. The predicted molar refractivity (Wildman–Crippen MR) is 139 cm³/mol. The van der Waals surface area contributed by atoms with E-state index in [4.69, 9.17) is 16.6 Å². The number of benzene rings is 2. The fourth-order valence-electron chi connectivity index (χ4n) is 3.32. The van der Waals surface area contributed by atoms with Gasteiger partial charge >= 0.3 is 0 Å². The van der Waals surface area contributed by atoms with Crippen LogP contribution >= 0.6 is 39.5 Å². The van der Waals surface area contributed by atoms with E-state index in [1.807, 2.05) is 56.3 Å². The lowest BCUT2D eigenvalue weighted by Gasteiger charge is -2.12. The standard InChI is InChI=1S/C23H17BrN6O2S2/c1-12-11-15(21-29-30-13(2)27-28-23(30)34-21)5-8-17(12)25-22(33)26-20(31)19-10-9-18(32-19)14-3-6-16(24)7-4-14/h3-11H,1-2H3,(H2,25,26,31,33). The summed E-state index contributed by atoms with van der Waals surface area (Å²) < 4.78 is 8.40. The number of thiocarbonyl (C=S) groups is 1. The van der Waals surface area contributed by atoms with E-state index in [1.54, 1.807) is 16.6 Å². The Hall–Kier alpha value is -3.41. The van der Waals surface area contributed by atoms with Gasteiger partial charge in [-0.1, -0.05) is 39.4 Å². The van der Waals surface area contributed by atoms with Crippen molar-refractivity contribution in [3.63, 3.8) is 0 Å². The second kappa shape index (κ2) is 9.09. The molecule has 0 fully saturated rings. The lowest BCUT2D eigenvalue weighted by atomic mass is 10.1. The molecule has 0 spiro atoms. The van der Waals surface area contributed by atoms with Crippen LogP contribution in [0.1, 0.15) is 21.9 Å². The number of nitrogens with zero attached hydrogens (tertiary/aromatic N) is 4. The van der Waals surface area contributed by atoms with Crippen LogP contribution in [0, 0.1) is 13.8 Å². The molecule has 5 aromatic rings. The largest absolute Gasteiger partial charge is 0.451 e. The van der Waals surface area contributed by atoms with Crippen molar-refractivity contribution < 1.29 is 9.21 Å². The molecule has 8 nitrogen and oxygen atoms in total. The van der Waals surface area contributed by atoms with Gasteiger partial charge in [0.1, 0.15) is 10.8 Å². The van der Waals surface area contributed by atoms with Crippen molar-refractivity contribution >= 4 is 61.2 Å². The Morgan fingerprint density at radius 2 is 1.82 bits per heavy atom. The van der Waals surface area contributed by atoms with E-state index in [0.717, 1.165) is 42.6 Å². The summed E-state index contributed by atoms with van der Waals surface area (Å²) in [5, 5.41) is 19.5. The first-order valence-corrected chi connectivity index (χ1v) is 12.2. The van der Waals surface area contributed by atoms with Gasteiger partial charge in [0.2, 0.25) is 4.96 Å². The number of furan rings is 1. The van der Waals surface area contributed by atoms with E-state index in [2.05, 4.69) is 41.9 Å². The summed E-state index contributed by atoms with van der Waals surface area (Å²) >= 11 is 10.2. The SMILES string of the molecule is Cc1cc(-c2nn3c(C)nnc3s2)ccc1NC(=S)NC(=O)c1ccc(-c2ccc(Br)cc2)o1. The molecule has 3 heterocycles. The van der Waals surface area contributed by atoms with Gasteiger partial charge in [-0.3, -0.25) is 10.1 Å². The number of halogens is 1. The molecule has 0 atom stereocenters. The van der Waals surface area contributed by atoms with Crippen molar-refractivity contribution in [1.82, 2.24) is 25.1 Å². The van der Waals surface area contributed by atoms with Crippen LogP contribution in [0.4, 0.5) is 5.69 Å². The van der Waals surface area contributed by atoms with Crippen LogP contribution in [0.25, 0.3) is 26.9 Å². The Balaban J connectivity index is 1.25. The van der Waals surface area contributed by atoms with Crippen LogP contribution in [0.3, 0.4) is 0 Å². The molecule has 1 amide bonds. The fourth-order valence-corrected chi connectivity index (χ4v) is 4.66. The van der Waals surface area contributed by atoms with Crippen LogP contribution in [-0.4, -0.2) is 30.8 Å². The van der Waals surface area contributed by atoms with Gasteiger partial charge in [0.25, 0.3) is 5.91 Å². The highest BCUT2D eigenvalue weighted by atomic mass is 79.9. The number of fused-ring (bicyclic) bond motifs is 1. The van der Waals surface area contributed by atoms with Crippen molar-refractivity contribution in [2.45, 2.75) is 13.8 Å². The molecule has 170 valence electrons. The van der Waals surface area contributed by atoms with Gasteiger partial charge in [-0.2, -0.15) is 9.61 Å². The van der Waals surface area contributed by atoms with Gasteiger partial charge in [-0.25, -0.2) is 0 Å². The summed E-state index contributed by atoms with van der Waals surface area (Å²) in [5.74, 6) is 1.09. The number of aryl methyl sites for hydroxylation is 2. The van der Waals surface area contributed by atoms with E-state index in [-0.39, 0.29) is 10.9 Å². The maximum atomic E-state index is 12.6. The summed E-state index contributed by atoms with van der Waals surface area (Å²) in [6.45, 7) is 3.82. The molecular formula is C23H17BrN6O2S2. The molecule has 34 heavy (non-hydrogen) atoms. The fraction of sp³-hybridized carbons (Fsp3) is 0.0870. The normalized spacial score (nSPS) is 11.0. The number of rotatable bonds is 4. The molecule has 2 aromatic carbocycles. The smallest absolute Gasteiger partial charge is 0.293 e. The maximum Gasteiger partial charge on any atom is 0.293 e. The maximum absolute atomic E-state index is 12.6. The Kier molecular flexibility index (Phi) is 5.98. The number of amides is 1. The quantitative estimate of drug-likeness (QED) is 0.279. The third kappa shape index (κ3) is 4.49. The number of carbonyl (C=O) groups is 1. The number of anilines is 1. The predicted octanol–water partition coefficient (Wildman–Crippen LogP) is 5.62. The van der Waals surface area contributed by atoms with Crippen LogP contribution < -0.4 is 10.6 Å². The molecule has 0 saturated heterocycles. The molecule has 0 bridgehead atoms. The Morgan fingerprint density at radius 1 is 1.06 bits per heavy atom. The Labute approximate surface area is 212 Å². The average Bonchev–Trinajstić information content (AvgIpc) is 3.54. The molecule has 0 aliphatic carbocycles. The van der Waals surface area contributed by atoms with Crippen LogP contribution in [0.2, 0.25) is 0 Å². The zero-order valence-electron chi connectivity index (χ0n) is 18.0. The van der Waals surface area contributed by atoms with Gasteiger partial charge in [-0.15, -0.1) is 10.2 Å². The number of aromatic nitrogens is 4. The Bertz CT molecular complexity index is 1540. The molecule has 0 aliphatic heterocycles. The molecular weight excluding hydrogens is 536 g/mol. The van der Waals surface area contributed by atoms with Crippen LogP contribution in [0.5, 0.6) is 0 Å². The van der Waals surface area contributed by atoms with E-state index in [9.17, 15) is 4.79 Å². The molecule has 11 heteroatoms. The number of hydrogen-bond acceptors (Lipinski definition) is 7. The second-order valence-electron chi connectivity index (χ2n) is 7.46. The summed E-state index contributed by atoms with van der Waals surface area (Å²) in [7, 11) is 0. The molecule has 0 saturated carbocycles. The van der Waals surface area contributed by atoms with Crippen molar-refractivity contribution in [2.24, 2.45) is 0 Å². The zero-order chi connectivity index (χ0) is 23.8. The first kappa shape index (κ1) is 22.4. The van der Waals surface area contributed by atoms with Gasteiger partial charge < -0.3 is 9.73 Å². The number of nitrogens with one attached hydrogen (secondary N) is 2. The average molecular weight is 553 g/mol. The minimum Gasteiger partial charge on any atom is -0.451 e. The third-order valence-electron chi connectivity index (χ3n) is 5.05. The van der Waals surface area contributed by atoms with Gasteiger partial charge in [0, 0.05) is 21.3 Å². The van der Waals surface area contributed by atoms with Crippen LogP contribution in [0.15, 0.2) is 63.5 Å². The van der Waals surface area contributed by atoms with Crippen molar-refractivity contribution in [2.75, 3.05) is 5.32 Å². The topological polar surface area (TPSA) is 97.4 Å². The number of carbonyl (C=O) groups excluding carboxylic acids is 1. The van der Waals surface area contributed by atoms with Crippen molar-refractivity contribution in [1.29, 1.82) is 0 Å². The van der Waals surface area contributed by atoms with E-state index in [0.29, 0.717) is 5.76 Å². The van der Waals surface area contributed by atoms with Gasteiger partial charge in [0.05, 0.1) is 0 Å². The molecule has 0 unspecified atom stereocenters. The van der Waals surface area contributed by atoms with Gasteiger partial charge in [0.15, 0.2) is 16.7 Å². The van der Waals surface area contributed by atoms with E-state index >= 15 is 0 Å². The van der Waals surface area contributed by atoms with Crippen molar-refractivity contribution in [3.05, 3.63) is 76.2 Å². The molecule has 0 radical (unpaired) electrons. The van der Waals surface area contributed by atoms with Crippen molar-refractivity contribution in [3.8, 4) is 21.9 Å². The zero-order valence-corrected chi connectivity index (χ0v) is 21.2. The monoisotopic (exact) mass is 552 g/mol. The Morgan fingerprint density at radius 3 is 2.56 bits per heavy atom. The van der Waals surface area contributed by atoms with Crippen LogP contribution in [-0.2, 0) is 0 Å². The number of hydrogen-bond donors (Lipinski definition) is 2. The molecule has 3 aromatic heterocycles. The summed E-state index contributed by atoms with van der Waals surface area (Å²) in [4.78, 5) is 13.3. The highest BCUT2D eigenvalue weighted by Crippen LogP contribution is 2.29. The second-order valence-corrected chi connectivity index (χ2v) is 9.74. The summed E-state index contributed by atoms with van der Waals surface area (Å²) in [6, 6.07) is 16.9. The summed E-state index contributed by atoms with van der Waals surface area (Å²) in [5.41, 5.74) is 3.57. The lowest BCUT2D eigenvalue weighted by molar-refractivity contribution is 0.0951. The van der Waals surface area contributed by atoms with E-state index < -0.39 is 5.91 Å². The minimum atomic E-state index is -0.426. The first-order chi connectivity index (χ1) is 16.4. The molecule has 5 rings (SSSR count). The highest BCUT2D eigenvalue weighted by molar-refractivity contribution is 9.10. The molecule has 0 aliphatic rings. The lowest BCUT2D eigenvalue weighted by Crippen LogP contribution is -2.34. The minimum absolute atomic E-state index is 0.174. The third-order valence-corrected chi connectivity index (χ3v) is 6.73. The summed E-state index contributed by atoms with van der Waals surface area (Å²) in [6.07, 6.45) is 0. The van der Waals surface area contributed by atoms with Gasteiger partial charge in [-0.05, 0) is 74.1 Å². The van der Waals surface area contributed by atoms with E-state index in [1.165, 1.54) is 11.3 Å².